The van der Waals surface area contributed by atoms with Crippen LogP contribution >= 0.6 is 23.4 Å². The highest BCUT2D eigenvalue weighted by molar-refractivity contribution is 8.00. The van der Waals surface area contributed by atoms with Crippen LogP contribution in [0, 0.1) is 0 Å². The van der Waals surface area contributed by atoms with Gasteiger partial charge in [-0.15, -0.1) is 0 Å². The van der Waals surface area contributed by atoms with Gasteiger partial charge in [-0.2, -0.15) is 22.0 Å². The molecule has 0 saturated heterocycles. The maximum absolute atomic E-state index is 13.0. The Labute approximate surface area is 175 Å². The lowest BCUT2D eigenvalue weighted by atomic mass is 10.2. The van der Waals surface area contributed by atoms with Gasteiger partial charge in [0.25, 0.3) is 0 Å². The van der Waals surface area contributed by atoms with Crippen LogP contribution in [0.3, 0.4) is 0 Å². The zero-order valence-corrected chi connectivity index (χ0v) is 16.3. The van der Waals surface area contributed by atoms with E-state index in [1.807, 2.05) is 0 Å². The first-order valence-electron chi connectivity index (χ1n) is 8.14. The van der Waals surface area contributed by atoms with Gasteiger partial charge in [0.15, 0.2) is 0 Å². The second-order valence-electron chi connectivity index (χ2n) is 5.73. The van der Waals surface area contributed by atoms with E-state index in [1.165, 1.54) is 18.2 Å². The Morgan fingerprint density at radius 1 is 1.17 bits per heavy atom. The minimum Gasteiger partial charge on any atom is -0.433 e. The van der Waals surface area contributed by atoms with Crippen molar-refractivity contribution in [3.63, 3.8) is 0 Å². The van der Waals surface area contributed by atoms with Gasteiger partial charge >= 0.3 is 12.8 Å². The second kappa shape index (κ2) is 9.00. The molecule has 30 heavy (non-hydrogen) atoms. The van der Waals surface area contributed by atoms with E-state index in [-0.39, 0.29) is 32.8 Å². The number of carbonyl (C=O) groups excluding carboxylic acids is 1. The summed E-state index contributed by atoms with van der Waals surface area (Å²) in [5.41, 5.74) is 0.305. The molecule has 0 fully saturated rings. The summed E-state index contributed by atoms with van der Waals surface area (Å²) < 4.78 is 67.9. The monoisotopic (exact) mass is 463 g/mol. The highest BCUT2D eigenvalue weighted by atomic mass is 35.5. The maximum Gasteiger partial charge on any atom is 0.451 e. The van der Waals surface area contributed by atoms with Crippen LogP contribution < -0.4 is 10.1 Å². The van der Waals surface area contributed by atoms with Crippen LogP contribution in [0.4, 0.5) is 27.6 Å². The van der Waals surface area contributed by atoms with Gasteiger partial charge in [0.05, 0.1) is 16.3 Å². The van der Waals surface area contributed by atoms with Crippen molar-refractivity contribution in [1.82, 2.24) is 9.97 Å². The fraction of sp³-hybridized carbons (Fsp3) is 0.167. The quantitative estimate of drug-likeness (QED) is 0.291. The Kier molecular flexibility index (Phi) is 6.61. The summed E-state index contributed by atoms with van der Waals surface area (Å²) in [6, 6.07) is 9.80. The Bertz CT molecular complexity index is 1080. The zero-order valence-electron chi connectivity index (χ0n) is 14.7. The molecule has 0 aliphatic carbocycles. The van der Waals surface area contributed by atoms with Crippen LogP contribution in [0.5, 0.6) is 5.75 Å². The van der Waals surface area contributed by atoms with Gasteiger partial charge in [0.1, 0.15) is 10.8 Å². The Morgan fingerprint density at radius 3 is 2.57 bits per heavy atom. The molecule has 0 bridgehead atoms. The Balaban J connectivity index is 1.73. The maximum atomic E-state index is 13.0. The minimum atomic E-state index is -4.74. The average Bonchev–Trinajstić information content (AvgIpc) is 2.67. The van der Waals surface area contributed by atoms with Crippen LogP contribution in [0.2, 0.25) is 5.02 Å². The number of thioether (sulfide) groups is 1. The van der Waals surface area contributed by atoms with Gasteiger partial charge in [0, 0.05) is 11.1 Å². The molecule has 3 aromatic rings. The fourth-order valence-corrected chi connectivity index (χ4v) is 3.43. The third-order valence-electron chi connectivity index (χ3n) is 3.59. The topological polar surface area (TPSA) is 64.1 Å². The molecule has 0 saturated carbocycles. The number of para-hydroxylation sites is 1. The van der Waals surface area contributed by atoms with Crippen molar-refractivity contribution < 1.29 is 31.5 Å². The number of rotatable bonds is 6. The molecule has 2 aromatic carbocycles. The molecule has 1 aromatic heterocycles. The SMILES string of the molecule is O=C(CSc1nc(C(F)(F)F)nc2ccccc12)Nc1ccc(OC(F)F)c(Cl)c1. The Hall–Kier alpha value is -2.66. The smallest absolute Gasteiger partial charge is 0.433 e. The lowest BCUT2D eigenvalue weighted by Gasteiger charge is -2.11. The number of alkyl halides is 5. The molecule has 1 heterocycles. The second-order valence-corrected chi connectivity index (χ2v) is 7.10. The molecule has 0 aliphatic heterocycles. The summed E-state index contributed by atoms with van der Waals surface area (Å²) in [4.78, 5) is 19.2. The van der Waals surface area contributed by atoms with E-state index in [0.29, 0.717) is 5.39 Å². The number of halogens is 6. The predicted octanol–water partition coefficient (Wildman–Crippen LogP) is 5.63. The number of hydrogen-bond donors (Lipinski definition) is 1. The number of benzene rings is 2. The molecule has 0 aliphatic rings. The highest BCUT2D eigenvalue weighted by Crippen LogP contribution is 2.32. The van der Waals surface area contributed by atoms with E-state index in [1.54, 1.807) is 18.2 Å². The minimum absolute atomic E-state index is 0.00166. The number of anilines is 1. The van der Waals surface area contributed by atoms with Crippen molar-refractivity contribution in [3.8, 4) is 5.75 Å². The largest absolute Gasteiger partial charge is 0.451 e. The normalized spacial score (nSPS) is 11.7. The highest BCUT2D eigenvalue weighted by Gasteiger charge is 2.35. The summed E-state index contributed by atoms with van der Waals surface area (Å²) in [6.07, 6.45) is -4.74. The van der Waals surface area contributed by atoms with E-state index in [0.717, 1.165) is 17.8 Å². The molecule has 1 amide bonds. The van der Waals surface area contributed by atoms with E-state index < -0.39 is 24.5 Å². The molecule has 12 heteroatoms. The predicted molar refractivity (Wildman–Crippen MR) is 102 cm³/mol. The number of amides is 1. The fourth-order valence-electron chi connectivity index (χ4n) is 2.39. The van der Waals surface area contributed by atoms with Crippen molar-refractivity contribution in [2.75, 3.05) is 11.1 Å². The standard InChI is InChI=1S/C18H11ClF5N3O2S/c19-11-7-9(5-6-13(11)29-17(20)21)25-14(28)8-30-15-10-3-1-2-4-12(10)26-16(27-15)18(22,23)24/h1-7,17H,8H2,(H,25,28). The first-order valence-corrected chi connectivity index (χ1v) is 9.51. The van der Waals surface area contributed by atoms with Gasteiger partial charge < -0.3 is 10.1 Å². The molecular formula is C18H11ClF5N3O2S. The van der Waals surface area contributed by atoms with Crippen molar-refractivity contribution in [2.24, 2.45) is 0 Å². The number of nitrogens with zero attached hydrogens (tertiary/aromatic N) is 2. The summed E-state index contributed by atoms with van der Waals surface area (Å²) in [6.45, 7) is -3.05. The van der Waals surface area contributed by atoms with Crippen molar-refractivity contribution >= 4 is 45.9 Å². The van der Waals surface area contributed by atoms with Gasteiger partial charge in [-0.05, 0) is 24.3 Å². The first-order chi connectivity index (χ1) is 14.1. The summed E-state index contributed by atoms with van der Waals surface area (Å²) in [5, 5.41) is 2.71. The molecule has 0 spiro atoms. The Morgan fingerprint density at radius 2 is 1.90 bits per heavy atom. The van der Waals surface area contributed by atoms with Crippen LogP contribution in [0.25, 0.3) is 10.9 Å². The number of hydrogen-bond acceptors (Lipinski definition) is 5. The number of aromatic nitrogens is 2. The van der Waals surface area contributed by atoms with E-state index in [9.17, 15) is 26.7 Å². The van der Waals surface area contributed by atoms with Gasteiger partial charge in [-0.3, -0.25) is 4.79 Å². The molecule has 0 unspecified atom stereocenters. The van der Waals surface area contributed by atoms with Crippen LogP contribution in [-0.4, -0.2) is 28.2 Å². The molecule has 158 valence electrons. The lowest BCUT2D eigenvalue weighted by Crippen LogP contribution is -2.15. The van der Waals surface area contributed by atoms with Crippen molar-refractivity contribution in [2.45, 2.75) is 17.8 Å². The lowest BCUT2D eigenvalue weighted by molar-refractivity contribution is -0.145. The molecule has 1 N–H and O–H groups in total. The van der Waals surface area contributed by atoms with Gasteiger partial charge in [0.2, 0.25) is 11.7 Å². The summed E-state index contributed by atoms with van der Waals surface area (Å²) >= 11 is 6.62. The molecule has 3 rings (SSSR count). The van der Waals surface area contributed by atoms with Crippen LogP contribution in [0.1, 0.15) is 5.82 Å². The summed E-state index contributed by atoms with van der Waals surface area (Å²) in [7, 11) is 0. The number of nitrogens with one attached hydrogen (secondary N) is 1. The van der Waals surface area contributed by atoms with Crippen molar-refractivity contribution in [1.29, 1.82) is 0 Å². The summed E-state index contributed by atoms with van der Waals surface area (Å²) in [5.74, 6) is -2.38. The number of fused-ring (bicyclic) bond motifs is 1. The molecular weight excluding hydrogens is 453 g/mol. The first kappa shape index (κ1) is 22.0. The third kappa shape index (κ3) is 5.48. The van der Waals surface area contributed by atoms with Crippen LogP contribution in [0.15, 0.2) is 47.5 Å². The van der Waals surface area contributed by atoms with Gasteiger partial charge in [-0.25, -0.2) is 9.97 Å². The van der Waals surface area contributed by atoms with E-state index >= 15 is 0 Å². The van der Waals surface area contributed by atoms with E-state index in [2.05, 4.69) is 20.0 Å². The molecule has 0 atom stereocenters. The van der Waals surface area contributed by atoms with Gasteiger partial charge in [-0.1, -0.05) is 41.6 Å². The number of carbonyl (C=O) groups is 1. The molecule has 5 nitrogen and oxygen atoms in total. The molecule has 0 radical (unpaired) electrons. The zero-order chi connectivity index (χ0) is 21.9. The van der Waals surface area contributed by atoms with Crippen LogP contribution in [-0.2, 0) is 11.0 Å². The average molecular weight is 464 g/mol. The van der Waals surface area contributed by atoms with Crippen molar-refractivity contribution in [3.05, 3.63) is 53.3 Å². The van der Waals surface area contributed by atoms with E-state index in [4.69, 9.17) is 11.6 Å². The number of ether oxygens (including phenoxy) is 1. The third-order valence-corrected chi connectivity index (χ3v) is 4.88.